The normalized spacial score (nSPS) is 20.8. The van der Waals surface area contributed by atoms with Gasteiger partial charge in [-0.2, -0.15) is 0 Å². The van der Waals surface area contributed by atoms with Crippen LogP contribution in [0.2, 0.25) is 0 Å². The van der Waals surface area contributed by atoms with Crippen LogP contribution in [0.25, 0.3) is 10.9 Å². The van der Waals surface area contributed by atoms with Crippen LogP contribution in [0.15, 0.2) is 30.5 Å². The number of H-pyrrole nitrogens is 1. The quantitative estimate of drug-likeness (QED) is 0.295. The van der Waals surface area contributed by atoms with Gasteiger partial charge in [-0.15, -0.1) is 0 Å². The van der Waals surface area contributed by atoms with Crippen molar-refractivity contribution in [2.24, 2.45) is 11.7 Å². The molecule has 4 amide bonds. The highest BCUT2D eigenvalue weighted by molar-refractivity contribution is 6.06. The van der Waals surface area contributed by atoms with Gasteiger partial charge in [0.05, 0.1) is 6.42 Å². The first-order chi connectivity index (χ1) is 17.6. The standard InChI is InChI=1S/C26H35N5O6/c1-15(2)11-22(32)31-21(9-5-6-10-27)25(36)29-19(24(35)30-20(26(31)37)13-23(33)34)12-16-14-28-18-8-4-3-7-17(16)18/h3-4,7-8,14-15,19-21,28H,5-6,9-13,27H2,1-2H3,(H,29,36)(H,30,35)(H,33,34)/t19-,20-,21+/m1/s1. The number of nitrogens with zero attached hydrogens (tertiary/aromatic N) is 1. The molecule has 37 heavy (non-hydrogen) atoms. The third kappa shape index (κ3) is 6.94. The van der Waals surface area contributed by atoms with Crippen LogP contribution in [0.3, 0.4) is 0 Å². The van der Waals surface area contributed by atoms with Crippen LogP contribution < -0.4 is 16.4 Å². The number of imide groups is 1. The molecule has 11 nitrogen and oxygen atoms in total. The lowest BCUT2D eigenvalue weighted by molar-refractivity contribution is -0.155. The number of hydrogen-bond donors (Lipinski definition) is 5. The average Bonchev–Trinajstić information content (AvgIpc) is 3.24. The molecule has 0 aliphatic carbocycles. The Morgan fingerprint density at radius 1 is 1.05 bits per heavy atom. The smallest absolute Gasteiger partial charge is 0.305 e. The maximum absolute atomic E-state index is 13.6. The molecule has 0 spiro atoms. The van der Waals surface area contributed by atoms with Crippen molar-refractivity contribution in [1.82, 2.24) is 20.5 Å². The van der Waals surface area contributed by atoms with Crippen molar-refractivity contribution in [3.05, 3.63) is 36.0 Å². The summed E-state index contributed by atoms with van der Waals surface area (Å²) in [6.07, 6.45) is 2.29. The predicted octanol–water partition coefficient (Wildman–Crippen LogP) is 1.07. The Morgan fingerprint density at radius 2 is 1.76 bits per heavy atom. The maximum atomic E-state index is 13.6. The van der Waals surface area contributed by atoms with E-state index in [4.69, 9.17) is 5.73 Å². The molecule has 11 heteroatoms. The first kappa shape index (κ1) is 27.9. The number of carbonyl (C=O) groups excluding carboxylic acids is 4. The summed E-state index contributed by atoms with van der Waals surface area (Å²) >= 11 is 0. The topological polar surface area (TPSA) is 175 Å². The van der Waals surface area contributed by atoms with Crippen LogP contribution in [0.5, 0.6) is 0 Å². The summed E-state index contributed by atoms with van der Waals surface area (Å²) in [6, 6.07) is 3.70. The zero-order valence-corrected chi connectivity index (χ0v) is 21.2. The van der Waals surface area contributed by atoms with Crippen molar-refractivity contribution in [3.8, 4) is 0 Å². The molecule has 1 fully saturated rings. The van der Waals surface area contributed by atoms with Crippen molar-refractivity contribution in [1.29, 1.82) is 0 Å². The number of nitrogens with two attached hydrogens (primary N) is 1. The number of carbonyl (C=O) groups is 5. The number of hydrogen-bond acceptors (Lipinski definition) is 6. The maximum Gasteiger partial charge on any atom is 0.305 e. The molecule has 0 bridgehead atoms. The van der Waals surface area contributed by atoms with Crippen LogP contribution in [-0.4, -0.2) is 69.3 Å². The first-order valence-corrected chi connectivity index (χ1v) is 12.6. The fourth-order valence-corrected chi connectivity index (χ4v) is 4.57. The van der Waals surface area contributed by atoms with Crippen molar-refractivity contribution in [2.45, 2.75) is 70.5 Å². The molecule has 1 aliphatic heterocycles. The highest BCUT2D eigenvalue weighted by Crippen LogP contribution is 2.22. The summed E-state index contributed by atoms with van der Waals surface area (Å²) in [5.74, 6) is -4.26. The molecule has 2 aromatic rings. The van der Waals surface area contributed by atoms with Gasteiger partial charge in [0, 0.05) is 29.9 Å². The van der Waals surface area contributed by atoms with Crippen LogP contribution in [0, 0.1) is 5.92 Å². The third-order valence-electron chi connectivity index (χ3n) is 6.36. The number of carboxylic acids is 1. The number of carboxylic acid groups (broad SMARTS) is 1. The highest BCUT2D eigenvalue weighted by Gasteiger charge is 2.42. The zero-order chi connectivity index (χ0) is 27.1. The van der Waals surface area contributed by atoms with Crippen LogP contribution in [0.1, 0.15) is 51.5 Å². The zero-order valence-electron chi connectivity index (χ0n) is 21.2. The van der Waals surface area contributed by atoms with Crippen molar-refractivity contribution < 1.29 is 29.1 Å². The van der Waals surface area contributed by atoms with Gasteiger partial charge in [-0.3, -0.25) is 28.9 Å². The summed E-state index contributed by atoms with van der Waals surface area (Å²) in [5, 5.41) is 15.5. The number of aromatic amines is 1. The molecule has 1 aromatic carbocycles. The lowest BCUT2D eigenvalue weighted by Gasteiger charge is -2.31. The van der Waals surface area contributed by atoms with Gasteiger partial charge in [0.2, 0.25) is 17.7 Å². The number of benzene rings is 1. The average molecular weight is 514 g/mol. The number of amides is 4. The summed E-state index contributed by atoms with van der Waals surface area (Å²) in [6.45, 7) is 3.97. The summed E-state index contributed by atoms with van der Waals surface area (Å²) in [4.78, 5) is 69.2. The van der Waals surface area contributed by atoms with Gasteiger partial charge in [0.25, 0.3) is 5.91 Å². The second-order valence-electron chi connectivity index (χ2n) is 9.78. The number of aliphatic carboxylic acids is 1. The predicted molar refractivity (Wildman–Crippen MR) is 136 cm³/mol. The number of rotatable bonds is 10. The molecule has 3 atom stereocenters. The fraction of sp³-hybridized carbons (Fsp3) is 0.500. The van der Waals surface area contributed by atoms with Crippen molar-refractivity contribution >= 4 is 40.5 Å². The van der Waals surface area contributed by atoms with Gasteiger partial charge < -0.3 is 26.5 Å². The van der Waals surface area contributed by atoms with Crippen LogP contribution in [0.4, 0.5) is 0 Å². The third-order valence-corrected chi connectivity index (χ3v) is 6.36. The Balaban J connectivity index is 2.02. The Hall–Kier alpha value is -3.73. The SMILES string of the molecule is CC(C)CC(=O)N1C(=O)[C@@H](CC(=O)O)NC(=O)[C@@H](Cc2c[nH]c3ccccc23)NC(=O)[C@@H]1CCCCN. The van der Waals surface area contributed by atoms with E-state index in [0.29, 0.717) is 19.4 Å². The monoisotopic (exact) mass is 513 g/mol. The molecule has 3 rings (SSSR count). The minimum absolute atomic E-state index is 0.0150. The van der Waals surface area contributed by atoms with Crippen molar-refractivity contribution in [2.75, 3.05) is 6.54 Å². The molecular weight excluding hydrogens is 478 g/mol. The minimum atomic E-state index is -1.50. The van der Waals surface area contributed by atoms with E-state index in [1.54, 1.807) is 20.0 Å². The van der Waals surface area contributed by atoms with E-state index in [1.807, 2.05) is 24.3 Å². The molecule has 1 aromatic heterocycles. The first-order valence-electron chi connectivity index (χ1n) is 12.6. The molecule has 0 radical (unpaired) electrons. The fourth-order valence-electron chi connectivity index (χ4n) is 4.57. The van der Waals surface area contributed by atoms with E-state index in [-0.39, 0.29) is 25.2 Å². The van der Waals surface area contributed by atoms with E-state index in [9.17, 15) is 29.1 Å². The summed E-state index contributed by atoms with van der Waals surface area (Å²) in [7, 11) is 0. The van der Waals surface area contributed by atoms with E-state index < -0.39 is 54.1 Å². The van der Waals surface area contributed by atoms with E-state index in [1.165, 1.54) is 0 Å². The number of unbranched alkanes of at least 4 members (excludes halogenated alkanes) is 1. The number of para-hydroxylation sites is 1. The molecule has 1 saturated heterocycles. The summed E-state index contributed by atoms with van der Waals surface area (Å²) < 4.78 is 0. The Bertz CT molecular complexity index is 1160. The van der Waals surface area contributed by atoms with Gasteiger partial charge >= 0.3 is 5.97 Å². The largest absolute Gasteiger partial charge is 0.481 e. The molecule has 200 valence electrons. The van der Waals surface area contributed by atoms with Gasteiger partial charge in [0.1, 0.15) is 18.1 Å². The lowest BCUT2D eigenvalue weighted by Crippen LogP contribution is -2.56. The van der Waals surface area contributed by atoms with E-state index >= 15 is 0 Å². The van der Waals surface area contributed by atoms with Crippen LogP contribution >= 0.6 is 0 Å². The van der Waals surface area contributed by atoms with Gasteiger partial charge in [-0.05, 0) is 43.4 Å². The van der Waals surface area contributed by atoms with Crippen LogP contribution in [-0.2, 0) is 30.4 Å². The lowest BCUT2D eigenvalue weighted by atomic mass is 10.0. The van der Waals surface area contributed by atoms with E-state index in [2.05, 4.69) is 15.6 Å². The van der Waals surface area contributed by atoms with Gasteiger partial charge in [0.15, 0.2) is 0 Å². The van der Waals surface area contributed by atoms with Crippen molar-refractivity contribution in [3.63, 3.8) is 0 Å². The number of nitrogens with one attached hydrogen (secondary N) is 3. The molecular formula is C26H35N5O6. The number of fused-ring (bicyclic) bond motifs is 1. The minimum Gasteiger partial charge on any atom is -0.481 e. The molecule has 6 N–H and O–H groups in total. The second-order valence-corrected chi connectivity index (χ2v) is 9.78. The molecule has 0 saturated carbocycles. The van der Waals surface area contributed by atoms with Gasteiger partial charge in [-0.1, -0.05) is 32.0 Å². The number of aromatic nitrogens is 1. The van der Waals surface area contributed by atoms with E-state index in [0.717, 1.165) is 21.4 Å². The van der Waals surface area contributed by atoms with Gasteiger partial charge in [-0.25, -0.2) is 0 Å². The second kappa shape index (κ2) is 12.5. The molecule has 1 aliphatic rings. The Morgan fingerprint density at radius 3 is 2.43 bits per heavy atom. The Kier molecular flexibility index (Phi) is 9.40. The molecule has 2 heterocycles. The Labute approximate surface area is 215 Å². The molecule has 0 unspecified atom stereocenters. The summed E-state index contributed by atoms with van der Waals surface area (Å²) in [5.41, 5.74) is 7.24. The highest BCUT2D eigenvalue weighted by atomic mass is 16.4.